The third kappa shape index (κ3) is 3.80. The van der Waals surface area contributed by atoms with Gasteiger partial charge in [-0.3, -0.25) is 4.79 Å². The first-order chi connectivity index (χ1) is 13.6. The van der Waals surface area contributed by atoms with E-state index in [4.69, 9.17) is 5.73 Å². The second kappa shape index (κ2) is 7.90. The Hall–Kier alpha value is -3.06. The monoisotopic (exact) mass is 379 g/mol. The van der Waals surface area contributed by atoms with Gasteiger partial charge in [-0.25, -0.2) is 14.4 Å². The summed E-state index contributed by atoms with van der Waals surface area (Å²) in [5.41, 5.74) is 8.28. The Labute approximate surface area is 162 Å². The lowest BCUT2D eigenvalue weighted by Crippen LogP contribution is -2.33. The number of aromatic nitrogens is 2. The largest absolute Gasteiger partial charge is 0.383 e. The maximum absolute atomic E-state index is 13.7. The summed E-state index contributed by atoms with van der Waals surface area (Å²) in [4.78, 5) is 23.5. The van der Waals surface area contributed by atoms with Crippen LogP contribution >= 0.6 is 0 Å². The molecule has 0 spiro atoms. The van der Waals surface area contributed by atoms with E-state index in [1.165, 1.54) is 31.3 Å². The molecule has 0 bridgehead atoms. The number of likely N-dealkylation sites (tertiary alicyclic amines) is 1. The van der Waals surface area contributed by atoms with Gasteiger partial charge in [0.1, 0.15) is 18.0 Å². The number of carbonyl (C=O) groups is 1. The molecule has 0 aliphatic carbocycles. The zero-order chi connectivity index (χ0) is 19.5. The topological polar surface area (TPSA) is 84.1 Å². The van der Waals surface area contributed by atoms with E-state index in [9.17, 15) is 9.18 Å². The molecule has 144 valence electrons. The summed E-state index contributed by atoms with van der Waals surface area (Å²) < 4.78 is 13.7. The van der Waals surface area contributed by atoms with Crippen molar-refractivity contribution < 1.29 is 9.18 Å². The van der Waals surface area contributed by atoms with E-state index in [1.54, 1.807) is 24.3 Å². The molecule has 6 nitrogen and oxygen atoms in total. The van der Waals surface area contributed by atoms with Crippen molar-refractivity contribution in [1.82, 2.24) is 20.2 Å². The smallest absolute Gasteiger partial charge is 0.253 e. The average Bonchev–Trinajstić information content (AvgIpc) is 3.21. The molecule has 0 unspecified atom stereocenters. The summed E-state index contributed by atoms with van der Waals surface area (Å²) >= 11 is 0. The van der Waals surface area contributed by atoms with Gasteiger partial charge < -0.3 is 16.0 Å². The van der Waals surface area contributed by atoms with Crippen molar-refractivity contribution in [1.29, 1.82) is 0 Å². The fourth-order valence-corrected chi connectivity index (χ4v) is 3.62. The molecule has 0 atom stereocenters. The van der Waals surface area contributed by atoms with Gasteiger partial charge in [0.2, 0.25) is 0 Å². The molecular weight excluding hydrogens is 357 g/mol. The van der Waals surface area contributed by atoms with Gasteiger partial charge in [-0.1, -0.05) is 12.1 Å². The van der Waals surface area contributed by atoms with E-state index in [2.05, 4.69) is 20.2 Å². The van der Waals surface area contributed by atoms with Crippen LogP contribution < -0.4 is 11.1 Å². The van der Waals surface area contributed by atoms with Crippen LogP contribution in [0.4, 0.5) is 10.2 Å². The predicted octanol–water partition coefficient (Wildman–Crippen LogP) is 2.84. The highest BCUT2D eigenvalue weighted by molar-refractivity contribution is 6.09. The van der Waals surface area contributed by atoms with Crippen LogP contribution in [0.2, 0.25) is 0 Å². The van der Waals surface area contributed by atoms with Crippen molar-refractivity contribution in [3.63, 3.8) is 0 Å². The normalized spacial score (nSPS) is 14.5. The molecule has 4 rings (SSSR count). The molecule has 0 radical (unpaired) electrons. The summed E-state index contributed by atoms with van der Waals surface area (Å²) in [6, 6.07) is 9.76. The van der Waals surface area contributed by atoms with E-state index < -0.39 is 0 Å². The number of nitrogens with zero attached hydrogens (tertiary/aromatic N) is 3. The number of amides is 1. The molecule has 1 aliphatic heterocycles. The SMILES string of the molecule is Nc1ncnc2c(C(=O)NCCN3CCCC3)cc(-c3cccc(F)c3)cc12. The van der Waals surface area contributed by atoms with Crippen molar-refractivity contribution in [2.45, 2.75) is 12.8 Å². The molecule has 1 aliphatic rings. The van der Waals surface area contributed by atoms with E-state index >= 15 is 0 Å². The van der Waals surface area contributed by atoms with Gasteiger partial charge in [0, 0.05) is 18.5 Å². The number of benzene rings is 2. The second-order valence-corrected chi connectivity index (χ2v) is 6.99. The van der Waals surface area contributed by atoms with Gasteiger partial charge >= 0.3 is 0 Å². The minimum Gasteiger partial charge on any atom is -0.383 e. The molecular formula is C21H22FN5O. The molecule has 2 heterocycles. The molecule has 3 aromatic rings. The first-order valence-electron chi connectivity index (χ1n) is 9.42. The molecule has 28 heavy (non-hydrogen) atoms. The third-order valence-corrected chi connectivity index (χ3v) is 5.08. The van der Waals surface area contributed by atoms with Crippen molar-refractivity contribution in [2.24, 2.45) is 0 Å². The Morgan fingerprint density at radius 3 is 2.75 bits per heavy atom. The maximum atomic E-state index is 13.7. The number of nitrogen functional groups attached to an aromatic ring is 1. The lowest BCUT2D eigenvalue weighted by molar-refractivity contribution is 0.0951. The van der Waals surface area contributed by atoms with Crippen LogP contribution in [0.15, 0.2) is 42.7 Å². The van der Waals surface area contributed by atoms with Gasteiger partial charge in [-0.05, 0) is 61.3 Å². The lowest BCUT2D eigenvalue weighted by Gasteiger charge is -2.15. The Morgan fingerprint density at radius 2 is 1.96 bits per heavy atom. The third-order valence-electron chi connectivity index (χ3n) is 5.08. The number of hydrogen-bond donors (Lipinski definition) is 2. The summed E-state index contributed by atoms with van der Waals surface area (Å²) in [6.45, 7) is 3.55. The Kier molecular flexibility index (Phi) is 5.16. The number of rotatable bonds is 5. The van der Waals surface area contributed by atoms with Crippen LogP contribution in [0, 0.1) is 5.82 Å². The van der Waals surface area contributed by atoms with Crippen LogP contribution in [-0.2, 0) is 0 Å². The first kappa shape index (κ1) is 18.3. The van der Waals surface area contributed by atoms with Crippen LogP contribution in [-0.4, -0.2) is 47.0 Å². The highest BCUT2D eigenvalue weighted by atomic mass is 19.1. The first-order valence-corrected chi connectivity index (χ1v) is 9.42. The van der Waals surface area contributed by atoms with Crippen LogP contribution in [0.5, 0.6) is 0 Å². The number of halogens is 1. The van der Waals surface area contributed by atoms with Gasteiger partial charge in [-0.2, -0.15) is 0 Å². The maximum Gasteiger partial charge on any atom is 0.253 e. The molecule has 1 fully saturated rings. The summed E-state index contributed by atoms with van der Waals surface area (Å²) in [6.07, 6.45) is 3.77. The van der Waals surface area contributed by atoms with E-state index in [1.807, 2.05) is 0 Å². The van der Waals surface area contributed by atoms with Crippen LogP contribution in [0.25, 0.3) is 22.0 Å². The minimum absolute atomic E-state index is 0.222. The molecule has 1 amide bonds. The van der Waals surface area contributed by atoms with E-state index in [0.29, 0.717) is 34.1 Å². The van der Waals surface area contributed by atoms with Crippen LogP contribution in [0.1, 0.15) is 23.2 Å². The number of nitrogens with one attached hydrogen (secondary N) is 1. The molecule has 0 saturated carbocycles. The zero-order valence-electron chi connectivity index (χ0n) is 15.5. The number of carbonyl (C=O) groups excluding carboxylic acids is 1. The Morgan fingerprint density at radius 1 is 1.14 bits per heavy atom. The van der Waals surface area contributed by atoms with Gasteiger partial charge in [0.05, 0.1) is 11.1 Å². The van der Waals surface area contributed by atoms with Crippen molar-refractivity contribution >= 4 is 22.6 Å². The van der Waals surface area contributed by atoms with Crippen molar-refractivity contribution in [3.05, 3.63) is 54.1 Å². The standard InChI is InChI=1S/C21H22FN5O/c22-16-5-3-4-14(10-16)15-11-17-19(25-13-26-20(17)23)18(12-15)21(28)24-6-9-27-7-1-2-8-27/h3-5,10-13H,1-2,6-9H2,(H,24,28)(H2,23,25,26). The van der Waals surface area contributed by atoms with Crippen LogP contribution in [0.3, 0.4) is 0 Å². The molecule has 1 saturated heterocycles. The summed E-state index contributed by atoms with van der Waals surface area (Å²) in [5, 5.41) is 3.55. The zero-order valence-corrected chi connectivity index (χ0v) is 15.5. The highest BCUT2D eigenvalue weighted by Gasteiger charge is 2.17. The Balaban J connectivity index is 1.67. The second-order valence-electron chi connectivity index (χ2n) is 6.99. The van der Waals surface area contributed by atoms with Gasteiger partial charge in [-0.15, -0.1) is 0 Å². The van der Waals surface area contributed by atoms with Gasteiger partial charge in [0.15, 0.2) is 0 Å². The summed E-state index contributed by atoms with van der Waals surface area (Å²) in [7, 11) is 0. The van der Waals surface area contributed by atoms with Crippen molar-refractivity contribution in [2.75, 3.05) is 31.9 Å². The number of nitrogens with two attached hydrogens (primary N) is 1. The fraction of sp³-hybridized carbons (Fsp3) is 0.286. The predicted molar refractivity (Wildman–Crippen MR) is 107 cm³/mol. The minimum atomic E-state index is -0.341. The lowest BCUT2D eigenvalue weighted by atomic mass is 9.99. The summed E-state index contributed by atoms with van der Waals surface area (Å²) in [5.74, 6) is -0.276. The molecule has 1 aromatic heterocycles. The van der Waals surface area contributed by atoms with E-state index in [-0.39, 0.29) is 17.5 Å². The van der Waals surface area contributed by atoms with Gasteiger partial charge in [0.25, 0.3) is 5.91 Å². The van der Waals surface area contributed by atoms with Crippen molar-refractivity contribution in [3.8, 4) is 11.1 Å². The number of anilines is 1. The molecule has 2 aromatic carbocycles. The Bertz CT molecular complexity index is 1020. The highest BCUT2D eigenvalue weighted by Crippen LogP contribution is 2.29. The average molecular weight is 379 g/mol. The number of hydrogen-bond acceptors (Lipinski definition) is 5. The number of fused-ring (bicyclic) bond motifs is 1. The van der Waals surface area contributed by atoms with E-state index in [0.717, 1.165) is 19.6 Å². The molecule has 7 heteroatoms. The molecule has 3 N–H and O–H groups in total. The quantitative estimate of drug-likeness (QED) is 0.712. The fourth-order valence-electron chi connectivity index (χ4n) is 3.62.